The molecule has 396 valence electrons. The molecule has 2 saturated heterocycles. The Morgan fingerprint density at radius 1 is 0.865 bits per heavy atom. The van der Waals surface area contributed by atoms with E-state index in [0.717, 1.165) is 38.6 Å². The summed E-state index contributed by atoms with van der Waals surface area (Å²) in [5.74, 6) is -0.389. The number of hydrogen-bond donors (Lipinski definition) is 6. The largest absolute Gasteiger partial charge is 0.391 e. The van der Waals surface area contributed by atoms with Crippen LogP contribution in [0, 0.1) is 19.3 Å². The van der Waals surface area contributed by atoms with Gasteiger partial charge in [0.2, 0.25) is 39.6 Å². The average molecular weight is 1050 g/mol. The van der Waals surface area contributed by atoms with Crippen LogP contribution >= 0.6 is 11.3 Å². The highest BCUT2D eigenvalue weighted by Gasteiger charge is 2.44. The van der Waals surface area contributed by atoms with Gasteiger partial charge in [-0.05, 0) is 93.6 Å². The van der Waals surface area contributed by atoms with Crippen LogP contribution < -0.4 is 30.9 Å². The van der Waals surface area contributed by atoms with Crippen molar-refractivity contribution >= 4 is 73.8 Å². The van der Waals surface area contributed by atoms with Crippen LogP contribution in [-0.2, 0) is 40.5 Å². The Bertz CT molecular complexity index is 2880. The lowest BCUT2D eigenvalue weighted by Crippen LogP contribution is -2.57. The van der Waals surface area contributed by atoms with Crippen molar-refractivity contribution in [3.05, 3.63) is 101 Å². The Labute approximate surface area is 438 Å². The third-order valence-corrected chi connectivity index (χ3v) is 15.3. The lowest BCUT2D eigenvalue weighted by atomic mass is 9.85. The number of aromatic nitrogens is 3. The number of aliphatic hydroxyl groups excluding tert-OH is 1. The number of hydrogen-bond acceptors (Lipinski definition) is 15. The number of β-amino-alcohol motifs (C(OH)–C–C–N with tert-alkyl or cyclic N) is 1. The first kappa shape index (κ1) is 55.2. The van der Waals surface area contributed by atoms with Gasteiger partial charge in [0.25, 0.3) is 0 Å². The molecule has 2 fully saturated rings. The molecule has 4 amide bonds. The van der Waals surface area contributed by atoms with E-state index in [2.05, 4.69) is 45.8 Å². The van der Waals surface area contributed by atoms with Crippen molar-refractivity contribution in [3.8, 4) is 10.4 Å². The maximum atomic E-state index is 14.0. The molecule has 5 aromatic rings. The normalized spacial score (nSPS) is 16.7. The molecule has 7 rings (SSSR count). The third-order valence-electron chi connectivity index (χ3n) is 12.6. The molecule has 21 heteroatoms. The fourth-order valence-corrected chi connectivity index (χ4v) is 10.9. The van der Waals surface area contributed by atoms with Crippen molar-refractivity contribution in [1.82, 2.24) is 40.1 Å². The van der Waals surface area contributed by atoms with Gasteiger partial charge in [0, 0.05) is 86.5 Å². The van der Waals surface area contributed by atoms with Crippen LogP contribution in [0.4, 0.5) is 28.8 Å². The lowest BCUT2D eigenvalue weighted by Gasteiger charge is -2.36. The van der Waals surface area contributed by atoms with Crippen LogP contribution in [-0.4, -0.2) is 132 Å². The summed E-state index contributed by atoms with van der Waals surface area (Å²) in [5.41, 5.74) is 6.46. The second kappa shape index (κ2) is 23.8. The minimum Gasteiger partial charge on any atom is -0.391 e. The predicted octanol–water partition coefficient (Wildman–Crippen LogP) is 6.04. The van der Waals surface area contributed by atoms with Crippen LogP contribution in [0.1, 0.15) is 77.6 Å². The average Bonchev–Trinajstić information content (AvgIpc) is 3.97. The van der Waals surface area contributed by atoms with E-state index in [1.54, 1.807) is 62.6 Å². The number of aliphatic hydroxyl groups is 1. The molecule has 2 aliphatic rings. The van der Waals surface area contributed by atoms with Gasteiger partial charge in [-0.25, -0.2) is 23.1 Å². The molecule has 2 aromatic heterocycles. The molecule has 0 bridgehead atoms. The number of amides is 4. The number of carbonyl (C=O) groups excluding carboxylic acids is 4. The molecule has 3 atom stereocenters. The number of sulfonamides is 1. The van der Waals surface area contributed by atoms with Crippen molar-refractivity contribution < 1.29 is 37.4 Å². The second-order valence-corrected chi connectivity index (χ2v) is 23.4. The summed E-state index contributed by atoms with van der Waals surface area (Å²) in [6, 6.07) is 20.4. The van der Waals surface area contributed by atoms with Gasteiger partial charge >= 0.3 is 0 Å². The molecule has 3 aromatic carbocycles. The molecule has 74 heavy (non-hydrogen) atoms. The zero-order valence-corrected chi connectivity index (χ0v) is 45.0. The van der Waals surface area contributed by atoms with Crippen molar-refractivity contribution in [1.29, 1.82) is 0 Å². The van der Waals surface area contributed by atoms with Crippen LogP contribution in [0.15, 0.2) is 89.4 Å². The van der Waals surface area contributed by atoms with Gasteiger partial charge in [-0.2, -0.15) is 4.98 Å². The highest BCUT2D eigenvalue weighted by atomic mass is 32.2. The molecule has 0 radical (unpaired) electrons. The second-order valence-electron chi connectivity index (χ2n) is 20.8. The number of piperazine rings is 1. The van der Waals surface area contributed by atoms with Gasteiger partial charge in [0.1, 0.15) is 17.9 Å². The number of anilines is 5. The maximum Gasteiger partial charge on any atom is 0.246 e. The molecule has 4 heterocycles. The van der Waals surface area contributed by atoms with E-state index >= 15 is 0 Å². The van der Waals surface area contributed by atoms with Gasteiger partial charge in [0.05, 0.1) is 46.7 Å². The molecule has 0 unspecified atom stereocenters. The van der Waals surface area contributed by atoms with E-state index in [9.17, 15) is 32.7 Å². The Morgan fingerprint density at radius 3 is 2.23 bits per heavy atom. The monoisotopic (exact) mass is 1050 g/mol. The summed E-state index contributed by atoms with van der Waals surface area (Å²) >= 11 is 1.57. The van der Waals surface area contributed by atoms with E-state index in [-0.39, 0.29) is 62.3 Å². The Morgan fingerprint density at radius 2 is 1.57 bits per heavy atom. The lowest BCUT2D eigenvalue weighted by molar-refractivity contribution is -0.144. The highest BCUT2D eigenvalue weighted by Crippen LogP contribution is 2.30. The molecule has 2 aliphatic heterocycles. The number of benzene rings is 3. The number of ether oxygens (including phenoxy) is 1. The molecular weight excluding hydrogens is 983 g/mol. The summed E-state index contributed by atoms with van der Waals surface area (Å²) in [6.45, 7) is 17.4. The van der Waals surface area contributed by atoms with Crippen molar-refractivity contribution in [2.45, 2.75) is 110 Å². The fourth-order valence-electron chi connectivity index (χ4n) is 8.67. The zero-order valence-electron chi connectivity index (χ0n) is 43.4. The first-order valence-electron chi connectivity index (χ1n) is 24.8. The molecular formula is C53H69N11O8S2. The van der Waals surface area contributed by atoms with Crippen molar-refractivity contribution in [3.63, 3.8) is 0 Å². The maximum absolute atomic E-state index is 14.0. The summed E-state index contributed by atoms with van der Waals surface area (Å²) < 4.78 is 34.3. The van der Waals surface area contributed by atoms with Crippen molar-refractivity contribution in [2.24, 2.45) is 5.41 Å². The summed E-state index contributed by atoms with van der Waals surface area (Å²) in [4.78, 5) is 73.9. The number of nitrogens with one attached hydrogen (secondary N) is 5. The highest BCUT2D eigenvalue weighted by molar-refractivity contribution is 7.89. The molecule has 0 aliphatic carbocycles. The summed E-state index contributed by atoms with van der Waals surface area (Å²) in [5, 5.41) is 22.9. The Hall–Kier alpha value is -6.52. The minimum absolute atomic E-state index is 0.0274. The van der Waals surface area contributed by atoms with Crippen molar-refractivity contribution in [2.75, 3.05) is 61.5 Å². The molecule has 6 N–H and O–H groups in total. The third kappa shape index (κ3) is 14.8. The van der Waals surface area contributed by atoms with Gasteiger partial charge in [-0.1, -0.05) is 51.1 Å². The van der Waals surface area contributed by atoms with Crippen LogP contribution in [0.5, 0.6) is 0 Å². The van der Waals surface area contributed by atoms with E-state index in [1.165, 1.54) is 4.90 Å². The standard InChI is InChI=1S/C53H69N11O8S2/c1-34-30-55-51(60-48(34)57-39-10-9-11-42(28-39)74(70,71)61-53(6,7)8)58-38-16-18-40(19-17-38)62-22-24-63(25-23-62)45(67)21-27-72-26-20-44(66)59-47(52(3,4)5)50(69)64-32-41(65)29-43(64)49(68)54-31-36-12-14-37(15-13-36)46-35(2)56-33-73-46/h9-19,28,30,33,41,43,47,61,65H,20-27,29,31-32H2,1-8H3,(H,54,68)(H,59,66)(H2,55,57,58,60)/t41-,43+,47-/m1/s1. The van der Waals surface area contributed by atoms with E-state index < -0.39 is 51.0 Å². The SMILES string of the molecule is Cc1cnc(Nc2ccc(N3CCN(C(=O)CCOCCC(=O)N[C@H](C(=O)N4C[C@H](O)C[C@H]4C(=O)NCc4ccc(-c5scnc5C)cc4)C(C)(C)C)CC3)cc2)nc1Nc1cccc(S(=O)(=O)NC(C)(C)C)c1. The predicted molar refractivity (Wildman–Crippen MR) is 287 cm³/mol. The fraction of sp³-hybridized carbons (Fsp3) is 0.453. The van der Waals surface area contributed by atoms with Gasteiger partial charge in [-0.15, -0.1) is 11.3 Å². The van der Waals surface area contributed by atoms with Crippen LogP contribution in [0.2, 0.25) is 0 Å². The molecule has 19 nitrogen and oxygen atoms in total. The smallest absolute Gasteiger partial charge is 0.246 e. The van der Waals surface area contributed by atoms with Crippen LogP contribution in [0.25, 0.3) is 10.4 Å². The van der Waals surface area contributed by atoms with Gasteiger partial charge < -0.3 is 45.8 Å². The van der Waals surface area contributed by atoms with Crippen LogP contribution in [0.3, 0.4) is 0 Å². The van der Waals surface area contributed by atoms with E-state index in [0.29, 0.717) is 43.6 Å². The first-order chi connectivity index (χ1) is 35.0. The number of thiazole rings is 1. The summed E-state index contributed by atoms with van der Waals surface area (Å²) in [6.07, 6.45) is 1.01. The van der Waals surface area contributed by atoms with Gasteiger partial charge in [0.15, 0.2) is 0 Å². The molecule has 0 spiro atoms. The molecule has 0 saturated carbocycles. The zero-order chi connectivity index (χ0) is 53.4. The number of likely N-dealkylation sites (tertiary alicyclic amines) is 1. The quantitative estimate of drug-likeness (QED) is 0.0518. The number of rotatable bonds is 19. The Balaban J connectivity index is 0.814. The minimum atomic E-state index is -3.73. The van der Waals surface area contributed by atoms with Gasteiger partial charge in [-0.3, -0.25) is 19.2 Å². The Kier molecular flexibility index (Phi) is 17.8. The topological polar surface area (TPSA) is 240 Å². The summed E-state index contributed by atoms with van der Waals surface area (Å²) in [7, 11) is -3.73. The number of nitrogens with zero attached hydrogens (tertiary/aromatic N) is 6. The number of carbonyl (C=O) groups is 4. The first-order valence-corrected chi connectivity index (χ1v) is 27.2. The van der Waals surface area contributed by atoms with E-state index in [1.807, 2.05) is 93.6 Å². The number of aryl methyl sites for hydroxylation is 2. The van der Waals surface area contributed by atoms with E-state index in [4.69, 9.17) is 4.74 Å².